The van der Waals surface area contributed by atoms with E-state index in [2.05, 4.69) is 34.4 Å². The first-order valence-electron chi connectivity index (χ1n) is 5.11. The van der Waals surface area contributed by atoms with Crippen LogP contribution in [0.5, 0.6) is 0 Å². The standard InChI is InChI=1S/C13H18NP/c1-4-9(2)13(7-10(3)14)11-5-6-12(15)8-11/h4-5,7-8,14H,6,15H2,1-3H3/b9-4+,13-7+,14-10?. The quantitative estimate of drug-likeness (QED) is 0.421. The Morgan fingerprint density at radius 3 is 2.53 bits per heavy atom. The molecule has 0 aromatic carbocycles. The SMILES string of the molecule is C/C=C(C)/C(=C\C(C)=N)C1=CCC(P)=C1. The topological polar surface area (TPSA) is 23.9 Å². The molecule has 0 aromatic rings. The number of nitrogens with one attached hydrogen (secondary N) is 1. The molecule has 0 heterocycles. The van der Waals surface area contributed by atoms with Gasteiger partial charge in [-0.05, 0) is 55.3 Å². The highest BCUT2D eigenvalue weighted by atomic mass is 31.0. The van der Waals surface area contributed by atoms with Crippen LogP contribution < -0.4 is 0 Å². The molecule has 2 heteroatoms. The van der Waals surface area contributed by atoms with Crippen molar-refractivity contribution in [3.8, 4) is 0 Å². The lowest BCUT2D eigenvalue weighted by molar-refractivity contribution is 1.34. The first kappa shape index (κ1) is 12.1. The van der Waals surface area contributed by atoms with Crippen molar-refractivity contribution in [3.63, 3.8) is 0 Å². The average Bonchev–Trinajstić information content (AvgIpc) is 2.59. The van der Waals surface area contributed by atoms with Crippen LogP contribution in [0, 0.1) is 5.41 Å². The maximum absolute atomic E-state index is 7.55. The third-order valence-electron chi connectivity index (χ3n) is 2.43. The van der Waals surface area contributed by atoms with Crippen molar-refractivity contribution in [2.45, 2.75) is 27.2 Å². The normalized spacial score (nSPS) is 17.6. The predicted octanol–water partition coefficient (Wildman–Crippen LogP) is 4.01. The maximum Gasteiger partial charge on any atom is 0.0289 e. The van der Waals surface area contributed by atoms with Gasteiger partial charge < -0.3 is 5.41 Å². The van der Waals surface area contributed by atoms with Crippen molar-refractivity contribution in [1.29, 1.82) is 5.41 Å². The van der Waals surface area contributed by atoms with Crippen LogP contribution in [-0.2, 0) is 0 Å². The van der Waals surface area contributed by atoms with E-state index in [0.29, 0.717) is 5.71 Å². The monoisotopic (exact) mass is 219 g/mol. The molecule has 0 aromatic heterocycles. The van der Waals surface area contributed by atoms with Crippen LogP contribution in [0.15, 0.2) is 46.3 Å². The fourth-order valence-corrected chi connectivity index (χ4v) is 1.83. The van der Waals surface area contributed by atoms with Crippen LogP contribution in [-0.4, -0.2) is 5.71 Å². The summed E-state index contributed by atoms with van der Waals surface area (Å²) in [6.07, 6.45) is 9.41. The van der Waals surface area contributed by atoms with Crippen LogP contribution in [0.3, 0.4) is 0 Å². The molecule has 1 aliphatic rings. The van der Waals surface area contributed by atoms with Crippen LogP contribution in [0.4, 0.5) is 0 Å². The molecule has 0 amide bonds. The van der Waals surface area contributed by atoms with E-state index < -0.39 is 0 Å². The van der Waals surface area contributed by atoms with Gasteiger partial charge in [0, 0.05) is 5.71 Å². The summed E-state index contributed by atoms with van der Waals surface area (Å²) in [6, 6.07) is 0. The average molecular weight is 219 g/mol. The molecule has 1 unspecified atom stereocenters. The Morgan fingerprint density at radius 2 is 2.13 bits per heavy atom. The van der Waals surface area contributed by atoms with E-state index in [4.69, 9.17) is 5.41 Å². The van der Waals surface area contributed by atoms with Gasteiger partial charge in [0.15, 0.2) is 0 Å². The molecular weight excluding hydrogens is 201 g/mol. The highest BCUT2D eigenvalue weighted by molar-refractivity contribution is 7.22. The molecule has 1 aliphatic carbocycles. The van der Waals surface area contributed by atoms with E-state index in [1.165, 1.54) is 22.0 Å². The summed E-state index contributed by atoms with van der Waals surface area (Å²) in [5.74, 6) is 0. The summed E-state index contributed by atoms with van der Waals surface area (Å²) >= 11 is 0. The highest BCUT2D eigenvalue weighted by Gasteiger charge is 2.09. The minimum Gasteiger partial charge on any atom is -0.306 e. The Bertz CT molecular complexity index is 395. The number of allylic oxidation sites excluding steroid dienone is 8. The number of hydrogen-bond donors (Lipinski definition) is 1. The van der Waals surface area contributed by atoms with Crippen molar-refractivity contribution in [2.75, 3.05) is 0 Å². The van der Waals surface area contributed by atoms with E-state index in [-0.39, 0.29) is 0 Å². The van der Waals surface area contributed by atoms with Crippen molar-refractivity contribution < 1.29 is 0 Å². The van der Waals surface area contributed by atoms with Crippen LogP contribution in [0.25, 0.3) is 0 Å². The second-order valence-corrected chi connectivity index (χ2v) is 4.54. The fraction of sp³-hybridized carbons (Fsp3) is 0.308. The summed E-state index contributed by atoms with van der Waals surface area (Å²) in [5.41, 5.74) is 4.23. The zero-order valence-corrected chi connectivity index (χ0v) is 10.7. The van der Waals surface area contributed by atoms with Gasteiger partial charge in [-0.2, -0.15) is 0 Å². The molecule has 0 bridgehead atoms. The largest absolute Gasteiger partial charge is 0.306 e. The summed E-state index contributed by atoms with van der Waals surface area (Å²) < 4.78 is 0. The van der Waals surface area contributed by atoms with Crippen molar-refractivity contribution in [2.24, 2.45) is 0 Å². The Hall–Kier alpha value is -0.940. The lowest BCUT2D eigenvalue weighted by Gasteiger charge is -2.07. The smallest absolute Gasteiger partial charge is 0.0289 e. The highest BCUT2D eigenvalue weighted by Crippen LogP contribution is 2.30. The third-order valence-corrected chi connectivity index (χ3v) is 2.83. The fourth-order valence-electron chi connectivity index (χ4n) is 1.53. The number of hydrogen-bond acceptors (Lipinski definition) is 1. The minimum absolute atomic E-state index is 0.595. The Morgan fingerprint density at radius 1 is 1.47 bits per heavy atom. The molecule has 0 saturated carbocycles. The van der Waals surface area contributed by atoms with Gasteiger partial charge in [0.1, 0.15) is 0 Å². The summed E-state index contributed by atoms with van der Waals surface area (Å²) in [5, 5.41) is 8.86. The Labute approximate surface area is 94.4 Å². The van der Waals surface area contributed by atoms with E-state index in [1.54, 1.807) is 0 Å². The lowest BCUT2D eigenvalue weighted by Crippen LogP contribution is -1.92. The molecule has 0 fully saturated rings. The predicted molar refractivity (Wildman–Crippen MR) is 71.4 cm³/mol. The van der Waals surface area contributed by atoms with Crippen molar-refractivity contribution >= 4 is 15.0 Å². The summed E-state index contributed by atoms with van der Waals surface area (Å²) in [4.78, 5) is 0. The minimum atomic E-state index is 0.595. The molecule has 15 heavy (non-hydrogen) atoms. The molecule has 1 N–H and O–H groups in total. The molecule has 0 aliphatic heterocycles. The van der Waals surface area contributed by atoms with Gasteiger partial charge in [-0.3, -0.25) is 0 Å². The van der Waals surface area contributed by atoms with Gasteiger partial charge >= 0.3 is 0 Å². The van der Waals surface area contributed by atoms with Crippen LogP contribution in [0.2, 0.25) is 0 Å². The van der Waals surface area contributed by atoms with Gasteiger partial charge in [-0.15, -0.1) is 9.24 Å². The van der Waals surface area contributed by atoms with Crippen LogP contribution in [0.1, 0.15) is 27.2 Å². The lowest BCUT2D eigenvalue weighted by atomic mass is 9.98. The molecule has 0 spiro atoms. The molecule has 80 valence electrons. The molecule has 0 saturated heterocycles. The maximum atomic E-state index is 7.55. The van der Waals surface area contributed by atoms with E-state index in [0.717, 1.165) is 6.42 Å². The van der Waals surface area contributed by atoms with E-state index in [1.807, 2.05) is 19.9 Å². The first-order valence-corrected chi connectivity index (χ1v) is 5.69. The zero-order valence-electron chi connectivity index (χ0n) is 9.59. The molecule has 1 atom stereocenters. The van der Waals surface area contributed by atoms with Gasteiger partial charge in [0.2, 0.25) is 0 Å². The van der Waals surface area contributed by atoms with Gasteiger partial charge in [-0.25, -0.2) is 0 Å². The first-order chi connectivity index (χ1) is 7.04. The Kier molecular flexibility index (Phi) is 4.23. The van der Waals surface area contributed by atoms with Gasteiger partial charge in [-0.1, -0.05) is 18.2 Å². The Balaban J connectivity index is 3.09. The molecule has 0 radical (unpaired) electrons. The van der Waals surface area contributed by atoms with Gasteiger partial charge in [0.25, 0.3) is 0 Å². The summed E-state index contributed by atoms with van der Waals surface area (Å²) in [7, 11) is 2.74. The summed E-state index contributed by atoms with van der Waals surface area (Å²) in [6.45, 7) is 5.93. The van der Waals surface area contributed by atoms with Crippen molar-refractivity contribution in [1.82, 2.24) is 0 Å². The second-order valence-electron chi connectivity index (χ2n) is 3.80. The van der Waals surface area contributed by atoms with Gasteiger partial charge in [0.05, 0.1) is 0 Å². The number of rotatable bonds is 3. The van der Waals surface area contributed by atoms with Crippen molar-refractivity contribution in [3.05, 3.63) is 46.3 Å². The molecule has 1 rings (SSSR count). The van der Waals surface area contributed by atoms with E-state index >= 15 is 0 Å². The third kappa shape index (κ3) is 3.28. The second kappa shape index (κ2) is 5.23. The van der Waals surface area contributed by atoms with E-state index in [9.17, 15) is 0 Å². The van der Waals surface area contributed by atoms with Crippen LogP contribution >= 0.6 is 9.24 Å². The molecular formula is C13H18NP. The zero-order chi connectivity index (χ0) is 11.4. The molecule has 1 nitrogen and oxygen atoms in total.